The molecule has 1 rings (SSSR count). The molecule has 0 amide bonds. The summed E-state index contributed by atoms with van der Waals surface area (Å²) in [6.07, 6.45) is 1.62. The Bertz CT molecular complexity index is 169. The van der Waals surface area contributed by atoms with Gasteiger partial charge in [0.1, 0.15) is 0 Å². The van der Waals surface area contributed by atoms with E-state index in [2.05, 4.69) is 10.6 Å². The first-order chi connectivity index (χ1) is 7.25. The zero-order valence-corrected chi connectivity index (χ0v) is 9.02. The summed E-state index contributed by atoms with van der Waals surface area (Å²) in [7, 11) is 0. The van der Waals surface area contributed by atoms with E-state index >= 15 is 0 Å². The van der Waals surface area contributed by atoms with E-state index < -0.39 is 12.2 Å². The lowest BCUT2D eigenvalue weighted by Gasteiger charge is -2.16. The van der Waals surface area contributed by atoms with Gasteiger partial charge in [-0.15, -0.1) is 0 Å². The average Bonchev–Trinajstić information content (AvgIpc) is 2.54. The molecule has 0 aromatic heterocycles. The molecular formula is C10H22N2O3. The molecule has 5 nitrogen and oxygen atoms in total. The number of aliphatic hydroxyl groups excluding tert-OH is 3. The van der Waals surface area contributed by atoms with Gasteiger partial charge in [-0.25, -0.2) is 0 Å². The van der Waals surface area contributed by atoms with Gasteiger partial charge in [-0.2, -0.15) is 0 Å². The SMILES string of the molecule is OCCCCCNC[C@H]1NC[C@H](O)[C@@H]1O. The zero-order chi connectivity index (χ0) is 11.1. The second kappa shape index (κ2) is 7.14. The Morgan fingerprint density at radius 2 is 2.00 bits per heavy atom. The van der Waals surface area contributed by atoms with Crippen LogP contribution < -0.4 is 10.6 Å². The fraction of sp³-hybridized carbons (Fsp3) is 1.00. The van der Waals surface area contributed by atoms with E-state index in [-0.39, 0.29) is 12.6 Å². The molecule has 0 saturated carbocycles. The van der Waals surface area contributed by atoms with E-state index in [1.54, 1.807) is 0 Å². The molecule has 15 heavy (non-hydrogen) atoms. The Kier molecular flexibility index (Phi) is 6.12. The van der Waals surface area contributed by atoms with Gasteiger partial charge in [0.15, 0.2) is 0 Å². The van der Waals surface area contributed by atoms with Crippen molar-refractivity contribution in [3.8, 4) is 0 Å². The number of hydrogen-bond acceptors (Lipinski definition) is 5. The summed E-state index contributed by atoms with van der Waals surface area (Å²) in [5.41, 5.74) is 0. The molecule has 0 aromatic carbocycles. The molecule has 5 N–H and O–H groups in total. The number of rotatable bonds is 7. The molecule has 5 heteroatoms. The fourth-order valence-electron chi connectivity index (χ4n) is 1.77. The summed E-state index contributed by atoms with van der Waals surface area (Å²) in [6.45, 7) is 2.30. The molecule has 0 spiro atoms. The van der Waals surface area contributed by atoms with Crippen molar-refractivity contribution in [1.82, 2.24) is 10.6 Å². The summed E-state index contributed by atoms with van der Waals surface area (Å²) in [6, 6.07) is -0.0437. The highest BCUT2D eigenvalue weighted by atomic mass is 16.3. The predicted molar refractivity (Wildman–Crippen MR) is 57.6 cm³/mol. The van der Waals surface area contributed by atoms with Crippen LogP contribution in [0, 0.1) is 0 Å². The molecule has 1 heterocycles. The standard InChI is InChI=1S/C10H22N2O3/c13-5-3-1-2-4-11-6-8-10(15)9(14)7-12-8/h8-15H,1-7H2/t8-,9+,10-/m1/s1. The average molecular weight is 218 g/mol. The highest BCUT2D eigenvalue weighted by Crippen LogP contribution is 2.06. The largest absolute Gasteiger partial charge is 0.396 e. The first-order valence-electron chi connectivity index (χ1n) is 5.67. The maximum absolute atomic E-state index is 9.51. The van der Waals surface area contributed by atoms with Gasteiger partial charge in [-0.3, -0.25) is 0 Å². The molecular weight excluding hydrogens is 196 g/mol. The number of β-amino-alcohol motifs (C(OH)–C–C–N with tert-alkyl or cyclic N) is 1. The van der Waals surface area contributed by atoms with Crippen molar-refractivity contribution in [3.05, 3.63) is 0 Å². The molecule has 3 atom stereocenters. The van der Waals surface area contributed by atoms with Crippen molar-refractivity contribution < 1.29 is 15.3 Å². The van der Waals surface area contributed by atoms with Gasteiger partial charge >= 0.3 is 0 Å². The molecule has 90 valence electrons. The Balaban J connectivity index is 1.96. The molecule has 1 aliphatic rings. The molecule has 1 fully saturated rings. The third kappa shape index (κ3) is 4.44. The van der Waals surface area contributed by atoms with Crippen molar-refractivity contribution in [2.75, 3.05) is 26.2 Å². The zero-order valence-electron chi connectivity index (χ0n) is 9.02. The first kappa shape index (κ1) is 12.9. The Morgan fingerprint density at radius 1 is 1.20 bits per heavy atom. The van der Waals surface area contributed by atoms with E-state index in [9.17, 15) is 10.2 Å². The smallest absolute Gasteiger partial charge is 0.0976 e. The van der Waals surface area contributed by atoms with Crippen LogP contribution in [0.2, 0.25) is 0 Å². The number of unbranched alkanes of at least 4 members (excludes halogenated alkanes) is 2. The fourth-order valence-corrected chi connectivity index (χ4v) is 1.77. The molecule has 0 radical (unpaired) electrons. The highest BCUT2D eigenvalue weighted by Gasteiger charge is 2.32. The Morgan fingerprint density at radius 3 is 2.60 bits per heavy atom. The van der Waals surface area contributed by atoms with Crippen LogP contribution in [0.3, 0.4) is 0 Å². The summed E-state index contributed by atoms with van der Waals surface area (Å²) >= 11 is 0. The minimum absolute atomic E-state index is 0.0437. The molecule has 0 bridgehead atoms. The van der Waals surface area contributed by atoms with Crippen LogP contribution in [0.25, 0.3) is 0 Å². The van der Waals surface area contributed by atoms with Crippen molar-refractivity contribution in [1.29, 1.82) is 0 Å². The van der Waals surface area contributed by atoms with Gasteiger partial charge in [0.25, 0.3) is 0 Å². The van der Waals surface area contributed by atoms with Gasteiger partial charge in [0, 0.05) is 25.7 Å². The minimum Gasteiger partial charge on any atom is -0.396 e. The summed E-state index contributed by atoms with van der Waals surface area (Å²) in [5, 5.41) is 33.6. The third-order valence-corrected chi connectivity index (χ3v) is 2.77. The monoisotopic (exact) mass is 218 g/mol. The number of nitrogens with one attached hydrogen (secondary N) is 2. The third-order valence-electron chi connectivity index (χ3n) is 2.77. The van der Waals surface area contributed by atoms with E-state index in [1.165, 1.54) is 0 Å². The van der Waals surface area contributed by atoms with E-state index in [1.807, 2.05) is 0 Å². The molecule has 0 unspecified atom stereocenters. The minimum atomic E-state index is -0.657. The maximum Gasteiger partial charge on any atom is 0.0976 e. The number of aliphatic hydroxyl groups is 3. The Labute approximate surface area is 90.5 Å². The normalized spacial score (nSPS) is 31.0. The molecule has 1 aliphatic heterocycles. The Hall–Kier alpha value is -0.200. The summed E-state index contributed by atoms with van der Waals surface area (Å²) < 4.78 is 0. The van der Waals surface area contributed by atoms with E-state index in [0.717, 1.165) is 25.8 Å². The number of hydrogen-bond donors (Lipinski definition) is 5. The molecule has 0 aromatic rings. The van der Waals surface area contributed by atoms with Crippen molar-refractivity contribution >= 4 is 0 Å². The van der Waals surface area contributed by atoms with Crippen molar-refractivity contribution in [3.63, 3.8) is 0 Å². The lowest BCUT2D eigenvalue weighted by Crippen LogP contribution is -2.41. The van der Waals surface area contributed by atoms with E-state index in [0.29, 0.717) is 13.1 Å². The lowest BCUT2D eigenvalue weighted by molar-refractivity contribution is 0.0407. The second-order valence-electron chi connectivity index (χ2n) is 4.06. The molecule has 0 aliphatic carbocycles. The van der Waals surface area contributed by atoms with Crippen molar-refractivity contribution in [2.24, 2.45) is 0 Å². The first-order valence-corrected chi connectivity index (χ1v) is 5.67. The van der Waals surface area contributed by atoms with Gasteiger partial charge in [0.05, 0.1) is 12.2 Å². The van der Waals surface area contributed by atoms with Gasteiger partial charge < -0.3 is 26.0 Å². The highest BCUT2D eigenvalue weighted by molar-refractivity contribution is 4.91. The predicted octanol–water partition coefficient (Wildman–Crippen LogP) is -1.57. The maximum atomic E-state index is 9.51. The summed E-state index contributed by atoms with van der Waals surface area (Å²) in [5.74, 6) is 0. The van der Waals surface area contributed by atoms with Crippen LogP contribution in [-0.2, 0) is 0 Å². The van der Waals surface area contributed by atoms with Crippen molar-refractivity contribution in [2.45, 2.75) is 37.5 Å². The van der Waals surface area contributed by atoms with Crippen LogP contribution in [0.5, 0.6) is 0 Å². The molecule has 1 saturated heterocycles. The quantitative estimate of drug-likeness (QED) is 0.334. The topological polar surface area (TPSA) is 84.8 Å². The van der Waals surface area contributed by atoms with Crippen LogP contribution in [-0.4, -0.2) is 59.8 Å². The van der Waals surface area contributed by atoms with Crippen LogP contribution >= 0.6 is 0 Å². The van der Waals surface area contributed by atoms with Crippen LogP contribution in [0.4, 0.5) is 0 Å². The van der Waals surface area contributed by atoms with Crippen LogP contribution in [0.15, 0.2) is 0 Å². The summed E-state index contributed by atoms with van der Waals surface area (Å²) in [4.78, 5) is 0. The lowest BCUT2D eigenvalue weighted by atomic mass is 10.1. The van der Waals surface area contributed by atoms with Gasteiger partial charge in [-0.1, -0.05) is 0 Å². The van der Waals surface area contributed by atoms with Gasteiger partial charge in [-0.05, 0) is 25.8 Å². The van der Waals surface area contributed by atoms with E-state index in [4.69, 9.17) is 5.11 Å². The van der Waals surface area contributed by atoms with Crippen LogP contribution in [0.1, 0.15) is 19.3 Å². The van der Waals surface area contributed by atoms with Gasteiger partial charge in [0.2, 0.25) is 0 Å². The second-order valence-corrected chi connectivity index (χ2v) is 4.06.